The Bertz CT molecular complexity index is 177. The molecule has 13 heavy (non-hydrogen) atoms. The minimum atomic E-state index is -0.394. The van der Waals surface area contributed by atoms with E-state index in [0.717, 1.165) is 31.6 Å². The third-order valence-corrected chi connectivity index (χ3v) is 3.77. The zero-order valence-corrected chi connectivity index (χ0v) is 8.34. The van der Waals surface area contributed by atoms with Gasteiger partial charge in [0.2, 0.25) is 0 Å². The van der Waals surface area contributed by atoms with Gasteiger partial charge < -0.3 is 10.8 Å². The van der Waals surface area contributed by atoms with Gasteiger partial charge in [0.05, 0.1) is 5.60 Å². The van der Waals surface area contributed by atoms with Gasteiger partial charge in [-0.25, -0.2) is 0 Å². The van der Waals surface area contributed by atoms with E-state index in [4.69, 9.17) is 5.73 Å². The third kappa shape index (κ3) is 2.23. The fourth-order valence-corrected chi connectivity index (χ4v) is 3.08. The number of hydrogen-bond donors (Lipinski definition) is 2. The van der Waals surface area contributed by atoms with Crippen LogP contribution in [0.1, 0.15) is 51.4 Å². The second-order valence-electron chi connectivity index (χ2n) is 5.08. The Morgan fingerprint density at radius 1 is 1.23 bits per heavy atom. The molecule has 2 saturated carbocycles. The average molecular weight is 183 g/mol. The summed E-state index contributed by atoms with van der Waals surface area (Å²) in [4.78, 5) is 0. The maximum Gasteiger partial charge on any atom is 0.0665 e. The highest BCUT2D eigenvalue weighted by Gasteiger charge is 2.37. The summed E-state index contributed by atoms with van der Waals surface area (Å²) >= 11 is 0. The monoisotopic (exact) mass is 183 g/mol. The molecular weight excluding hydrogens is 162 g/mol. The highest BCUT2D eigenvalue weighted by molar-refractivity contribution is 4.93. The number of aliphatic hydroxyl groups is 1. The van der Waals surface area contributed by atoms with Gasteiger partial charge in [-0.2, -0.15) is 0 Å². The maximum atomic E-state index is 10.2. The zero-order valence-electron chi connectivity index (χ0n) is 8.34. The van der Waals surface area contributed by atoms with E-state index in [9.17, 15) is 5.11 Å². The molecular formula is C11H21NO. The average Bonchev–Trinajstić information content (AvgIpc) is 2.62. The standard InChI is InChI=1S/C11H21NO/c12-10-5-6-11(13,8-10)7-9-3-1-2-4-9/h9-10,13H,1-8,12H2. The van der Waals surface area contributed by atoms with Gasteiger partial charge in [0, 0.05) is 6.04 Å². The van der Waals surface area contributed by atoms with Crippen LogP contribution in [0, 0.1) is 5.92 Å². The van der Waals surface area contributed by atoms with Crippen LogP contribution in [0.5, 0.6) is 0 Å². The summed E-state index contributed by atoms with van der Waals surface area (Å²) < 4.78 is 0. The van der Waals surface area contributed by atoms with Crippen molar-refractivity contribution in [3.05, 3.63) is 0 Å². The van der Waals surface area contributed by atoms with Crippen LogP contribution in [-0.2, 0) is 0 Å². The van der Waals surface area contributed by atoms with Gasteiger partial charge in [-0.3, -0.25) is 0 Å². The van der Waals surface area contributed by atoms with E-state index in [-0.39, 0.29) is 6.04 Å². The first kappa shape index (κ1) is 9.47. The molecule has 2 heteroatoms. The Hall–Kier alpha value is -0.0800. The summed E-state index contributed by atoms with van der Waals surface area (Å²) in [5.74, 6) is 0.787. The maximum absolute atomic E-state index is 10.2. The molecule has 2 fully saturated rings. The largest absolute Gasteiger partial charge is 0.390 e. The molecule has 2 unspecified atom stereocenters. The molecule has 2 aliphatic rings. The summed E-state index contributed by atoms with van der Waals surface area (Å²) in [6.45, 7) is 0. The molecule has 3 N–H and O–H groups in total. The molecule has 2 atom stereocenters. The van der Waals surface area contributed by atoms with Crippen molar-refractivity contribution in [2.45, 2.75) is 63.0 Å². The quantitative estimate of drug-likeness (QED) is 0.686. The molecule has 2 nitrogen and oxygen atoms in total. The van der Waals surface area contributed by atoms with E-state index in [2.05, 4.69) is 0 Å². The smallest absolute Gasteiger partial charge is 0.0665 e. The Morgan fingerprint density at radius 3 is 2.46 bits per heavy atom. The second-order valence-corrected chi connectivity index (χ2v) is 5.08. The molecule has 76 valence electrons. The second kappa shape index (κ2) is 3.58. The van der Waals surface area contributed by atoms with Crippen LogP contribution < -0.4 is 5.73 Å². The van der Waals surface area contributed by atoms with Crippen LogP contribution >= 0.6 is 0 Å². The lowest BCUT2D eigenvalue weighted by Crippen LogP contribution is -2.30. The Morgan fingerprint density at radius 2 is 1.92 bits per heavy atom. The van der Waals surface area contributed by atoms with Crippen molar-refractivity contribution in [3.63, 3.8) is 0 Å². The molecule has 0 aromatic carbocycles. The van der Waals surface area contributed by atoms with Crippen molar-refractivity contribution in [2.75, 3.05) is 0 Å². The lowest BCUT2D eigenvalue weighted by Gasteiger charge is -2.25. The van der Waals surface area contributed by atoms with Gasteiger partial charge in [-0.1, -0.05) is 25.7 Å². The minimum absolute atomic E-state index is 0.256. The highest BCUT2D eigenvalue weighted by Crippen LogP contribution is 2.39. The number of nitrogens with two attached hydrogens (primary N) is 1. The van der Waals surface area contributed by atoms with Crippen molar-refractivity contribution < 1.29 is 5.11 Å². The number of rotatable bonds is 2. The first-order chi connectivity index (χ1) is 6.18. The Balaban J connectivity index is 1.85. The summed E-state index contributed by atoms with van der Waals surface area (Å²) in [7, 11) is 0. The fraction of sp³-hybridized carbons (Fsp3) is 1.00. The van der Waals surface area contributed by atoms with Crippen LogP contribution in [0.2, 0.25) is 0 Å². The van der Waals surface area contributed by atoms with E-state index in [1.807, 2.05) is 0 Å². The van der Waals surface area contributed by atoms with Gasteiger partial charge >= 0.3 is 0 Å². The summed E-state index contributed by atoms with van der Waals surface area (Å²) in [6, 6.07) is 0.256. The molecule has 0 spiro atoms. The Kier molecular flexibility index (Phi) is 2.61. The molecule has 0 saturated heterocycles. The van der Waals surface area contributed by atoms with Crippen molar-refractivity contribution in [1.82, 2.24) is 0 Å². The first-order valence-corrected chi connectivity index (χ1v) is 5.66. The molecule has 0 aromatic heterocycles. The van der Waals surface area contributed by atoms with Gasteiger partial charge in [-0.05, 0) is 31.6 Å². The van der Waals surface area contributed by atoms with Crippen molar-refractivity contribution in [1.29, 1.82) is 0 Å². The van der Waals surface area contributed by atoms with Crippen LogP contribution in [0.25, 0.3) is 0 Å². The minimum Gasteiger partial charge on any atom is -0.390 e. The van der Waals surface area contributed by atoms with E-state index in [1.54, 1.807) is 0 Å². The zero-order chi connectivity index (χ0) is 9.31. The van der Waals surface area contributed by atoms with Crippen molar-refractivity contribution in [2.24, 2.45) is 11.7 Å². The van der Waals surface area contributed by atoms with Crippen LogP contribution in [0.15, 0.2) is 0 Å². The molecule has 0 aliphatic heterocycles. The van der Waals surface area contributed by atoms with Gasteiger partial charge in [0.1, 0.15) is 0 Å². The molecule has 0 bridgehead atoms. The van der Waals surface area contributed by atoms with Gasteiger partial charge in [0.25, 0.3) is 0 Å². The molecule has 2 aliphatic carbocycles. The number of hydrogen-bond acceptors (Lipinski definition) is 2. The molecule has 2 rings (SSSR count). The SMILES string of the molecule is NC1CCC(O)(CC2CCCC2)C1. The predicted molar refractivity (Wildman–Crippen MR) is 53.4 cm³/mol. The van der Waals surface area contributed by atoms with Crippen LogP contribution in [0.4, 0.5) is 0 Å². The van der Waals surface area contributed by atoms with E-state index < -0.39 is 5.60 Å². The predicted octanol–water partition coefficient (Wildman–Crippen LogP) is 1.81. The third-order valence-electron chi connectivity index (χ3n) is 3.77. The Labute approximate surface area is 80.5 Å². The topological polar surface area (TPSA) is 46.2 Å². The molecule has 0 radical (unpaired) electrons. The molecule has 0 amide bonds. The van der Waals surface area contributed by atoms with E-state index in [1.165, 1.54) is 25.7 Å². The van der Waals surface area contributed by atoms with Gasteiger partial charge in [-0.15, -0.1) is 0 Å². The van der Waals surface area contributed by atoms with Crippen molar-refractivity contribution >= 4 is 0 Å². The van der Waals surface area contributed by atoms with Gasteiger partial charge in [0.15, 0.2) is 0 Å². The summed E-state index contributed by atoms with van der Waals surface area (Å²) in [5, 5.41) is 10.2. The summed E-state index contributed by atoms with van der Waals surface area (Å²) in [6.07, 6.45) is 9.20. The lowest BCUT2D eigenvalue weighted by molar-refractivity contribution is 0.0218. The van der Waals surface area contributed by atoms with Crippen LogP contribution in [0.3, 0.4) is 0 Å². The molecule has 0 heterocycles. The van der Waals surface area contributed by atoms with E-state index >= 15 is 0 Å². The lowest BCUT2D eigenvalue weighted by atomic mass is 9.88. The highest BCUT2D eigenvalue weighted by atomic mass is 16.3. The molecule has 0 aromatic rings. The normalized spacial score (nSPS) is 41.5. The first-order valence-electron chi connectivity index (χ1n) is 5.66. The van der Waals surface area contributed by atoms with Crippen molar-refractivity contribution in [3.8, 4) is 0 Å². The summed E-state index contributed by atoms with van der Waals surface area (Å²) in [5.41, 5.74) is 5.43. The van der Waals surface area contributed by atoms with E-state index in [0.29, 0.717) is 0 Å². The fourth-order valence-electron chi connectivity index (χ4n) is 3.08. The van der Waals surface area contributed by atoms with Crippen LogP contribution in [-0.4, -0.2) is 16.7 Å².